The first kappa shape index (κ1) is 12.7. The molecule has 0 N–H and O–H groups in total. The van der Waals surface area contributed by atoms with Crippen LogP contribution in [0.25, 0.3) is 0 Å². The highest BCUT2D eigenvalue weighted by Crippen LogP contribution is 2.31. The van der Waals surface area contributed by atoms with Crippen molar-refractivity contribution in [3.8, 4) is 0 Å². The molecular weight excluding hydrogens is 222 g/mol. The molecule has 0 aromatic carbocycles. The van der Waals surface area contributed by atoms with Gasteiger partial charge in [-0.05, 0) is 44.2 Å². The summed E-state index contributed by atoms with van der Waals surface area (Å²) in [6, 6.07) is 0. The fraction of sp³-hybridized carbons (Fsp3) is 0.375. The molecule has 2 rings (SSSR count). The summed E-state index contributed by atoms with van der Waals surface area (Å²) in [6.07, 6.45) is 15.0. The van der Waals surface area contributed by atoms with Crippen LogP contribution in [0, 0.1) is 5.92 Å². The van der Waals surface area contributed by atoms with Gasteiger partial charge in [-0.1, -0.05) is 17.7 Å². The smallest absolute Gasteiger partial charge is 0.127 e. The fourth-order valence-electron chi connectivity index (χ4n) is 2.04. The van der Waals surface area contributed by atoms with Gasteiger partial charge in [0.1, 0.15) is 11.9 Å². The molecule has 0 spiro atoms. The molecule has 0 saturated heterocycles. The van der Waals surface area contributed by atoms with Gasteiger partial charge in [0.25, 0.3) is 0 Å². The standard InChI is InChI=1S/C16H21NO/c1-12(2)6-5-7-15-11-13-10-14(17(3)4)8-9-16(13)18-15/h5-11,13,16H,1-4H3. The minimum Gasteiger partial charge on any atom is -0.486 e. The average molecular weight is 243 g/mol. The highest BCUT2D eigenvalue weighted by Gasteiger charge is 2.27. The van der Waals surface area contributed by atoms with Crippen LogP contribution in [0.4, 0.5) is 0 Å². The van der Waals surface area contributed by atoms with Crippen LogP contribution in [0.2, 0.25) is 0 Å². The summed E-state index contributed by atoms with van der Waals surface area (Å²) in [5, 5.41) is 0. The van der Waals surface area contributed by atoms with Gasteiger partial charge in [-0.3, -0.25) is 0 Å². The van der Waals surface area contributed by atoms with Crippen molar-refractivity contribution in [3.05, 3.63) is 59.6 Å². The number of hydrogen-bond donors (Lipinski definition) is 0. The third-order valence-electron chi connectivity index (χ3n) is 3.03. The second-order valence-electron chi connectivity index (χ2n) is 5.18. The zero-order chi connectivity index (χ0) is 13.1. The van der Waals surface area contributed by atoms with Gasteiger partial charge in [-0.15, -0.1) is 0 Å². The second-order valence-corrected chi connectivity index (χ2v) is 5.18. The number of fused-ring (bicyclic) bond motifs is 1. The van der Waals surface area contributed by atoms with Crippen LogP contribution in [0.1, 0.15) is 13.8 Å². The van der Waals surface area contributed by atoms with Gasteiger partial charge in [0.2, 0.25) is 0 Å². The van der Waals surface area contributed by atoms with Gasteiger partial charge in [0.05, 0.1) is 0 Å². The molecule has 0 aromatic rings. The van der Waals surface area contributed by atoms with E-state index >= 15 is 0 Å². The number of hydrogen-bond acceptors (Lipinski definition) is 2. The van der Waals surface area contributed by atoms with Crippen molar-refractivity contribution in [2.45, 2.75) is 20.0 Å². The molecular formula is C16H21NO. The van der Waals surface area contributed by atoms with Crippen molar-refractivity contribution in [1.29, 1.82) is 0 Å². The number of ether oxygens (including phenoxy) is 1. The first-order chi connectivity index (χ1) is 8.56. The topological polar surface area (TPSA) is 12.5 Å². The lowest BCUT2D eigenvalue weighted by molar-refractivity contribution is 0.172. The Morgan fingerprint density at radius 1 is 1.28 bits per heavy atom. The molecule has 0 bridgehead atoms. The third-order valence-corrected chi connectivity index (χ3v) is 3.03. The molecule has 2 atom stereocenters. The third kappa shape index (κ3) is 2.95. The Kier molecular flexibility index (Phi) is 3.75. The van der Waals surface area contributed by atoms with Crippen LogP contribution in [0.5, 0.6) is 0 Å². The highest BCUT2D eigenvalue weighted by atomic mass is 16.5. The van der Waals surface area contributed by atoms with Crippen LogP contribution in [0.15, 0.2) is 59.6 Å². The first-order valence-electron chi connectivity index (χ1n) is 6.33. The van der Waals surface area contributed by atoms with Crippen LogP contribution in [0.3, 0.4) is 0 Å². The normalized spacial score (nSPS) is 25.3. The molecule has 18 heavy (non-hydrogen) atoms. The summed E-state index contributed by atoms with van der Waals surface area (Å²) in [4.78, 5) is 2.12. The summed E-state index contributed by atoms with van der Waals surface area (Å²) >= 11 is 0. The molecule has 1 aliphatic carbocycles. The summed E-state index contributed by atoms with van der Waals surface area (Å²) in [7, 11) is 4.12. The van der Waals surface area contributed by atoms with E-state index in [0.717, 1.165) is 5.76 Å². The molecule has 1 heterocycles. The van der Waals surface area contributed by atoms with E-state index < -0.39 is 0 Å². The van der Waals surface area contributed by atoms with E-state index in [0.29, 0.717) is 5.92 Å². The molecule has 0 fully saturated rings. The number of rotatable bonds is 3. The molecule has 2 unspecified atom stereocenters. The second kappa shape index (κ2) is 5.30. The van der Waals surface area contributed by atoms with Gasteiger partial charge in [-0.2, -0.15) is 0 Å². The van der Waals surface area contributed by atoms with Gasteiger partial charge < -0.3 is 9.64 Å². The predicted octanol–water partition coefficient (Wildman–Crippen LogP) is 3.42. The molecule has 0 radical (unpaired) electrons. The maximum Gasteiger partial charge on any atom is 0.127 e. The van der Waals surface area contributed by atoms with E-state index in [1.807, 2.05) is 12.2 Å². The SMILES string of the molecule is CC(C)=CC=CC1=CC2C=C(N(C)C)C=CC2O1. The van der Waals surface area contributed by atoms with Crippen LogP contribution in [-0.4, -0.2) is 25.1 Å². The van der Waals surface area contributed by atoms with Crippen molar-refractivity contribution in [1.82, 2.24) is 4.90 Å². The van der Waals surface area contributed by atoms with Crippen molar-refractivity contribution in [3.63, 3.8) is 0 Å². The van der Waals surface area contributed by atoms with E-state index in [2.05, 4.69) is 63.2 Å². The number of nitrogens with zero attached hydrogens (tertiary/aromatic N) is 1. The summed E-state index contributed by atoms with van der Waals surface area (Å²) in [6.45, 7) is 4.17. The largest absolute Gasteiger partial charge is 0.486 e. The van der Waals surface area contributed by atoms with E-state index in [9.17, 15) is 0 Å². The summed E-state index contributed by atoms with van der Waals surface area (Å²) in [5.41, 5.74) is 2.53. The molecule has 0 saturated carbocycles. The first-order valence-corrected chi connectivity index (χ1v) is 6.33. The predicted molar refractivity (Wildman–Crippen MR) is 75.9 cm³/mol. The lowest BCUT2D eigenvalue weighted by atomic mass is 9.97. The Labute approximate surface area is 110 Å². The highest BCUT2D eigenvalue weighted by molar-refractivity contribution is 5.34. The van der Waals surface area contributed by atoms with Crippen molar-refractivity contribution >= 4 is 0 Å². The van der Waals surface area contributed by atoms with E-state index in [1.165, 1.54) is 11.3 Å². The van der Waals surface area contributed by atoms with E-state index in [4.69, 9.17) is 4.74 Å². The van der Waals surface area contributed by atoms with E-state index in [1.54, 1.807) is 0 Å². The lowest BCUT2D eigenvalue weighted by Crippen LogP contribution is -2.20. The number of allylic oxidation sites excluding steroid dienone is 5. The monoisotopic (exact) mass is 243 g/mol. The Bertz CT molecular complexity index is 459. The fourth-order valence-corrected chi connectivity index (χ4v) is 2.04. The van der Waals surface area contributed by atoms with Gasteiger partial charge in [0, 0.05) is 25.7 Å². The Balaban J connectivity index is 2.08. The van der Waals surface area contributed by atoms with E-state index in [-0.39, 0.29) is 6.10 Å². The quantitative estimate of drug-likeness (QED) is 0.704. The van der Waals surface area contributed by atoms with Crippen LogP contribution in [-0.2, 0) is 4.74 Å². The summed E-state index contributed by atoms with van der Waals surface area (Å²) < 4.78 is 5.87. The summed E-state index contributed by atoms with van der Waals surface area (Å²) in [5.74, 6) is 1.32. The Hall–Kier alpha value is -1.70. The Morgan fingerprint density at radius 3 is 2.72 bits per heavy atom. The zero-order valence-electron chi connectivity index (χ0n) is 11.6. The molecule has 2 aliphatic rings. The van der Waals surface area contributed by atoms with Crippen molar-refractivity contribution in [2.24, 2.45) is 5.92 Å². The van der Waals surface area contributed by atoms with Crippen LogP contribution < -0.4 is 0 Å². The molecule has 96 valence electrons. The molecule has 1 aliphatic heterocycles. The Morgan fingerprint density at radius 2 is 2.06 bits per heavy atom. The maximum absolute atomic E-state index is 5.87. The van der Waals surface area contributed by atoms with Gasteiger partial charge >= 0.3 is 0 Å². The number of likely N-dealkylation sites (N-methyl/N-ethyl adjacent to an activating group) is 1. The molecule has 0 aromatic heterocycles. The minimum absolute atomic E-state index is 0.167. The van der Waals surface area contributed by atoms with Crippen LogP contribution >= 0.6 is 0 Å². The van der Waals surface area contributed by atoms with Gasteiger partial charge in [0.15, 0.2) is 0 Å². The lowest BCUT2D eigenvalue weighted by Gasteiger charge is -2.22. The molecule has 0 amide bonds. The zero-order valence-corrected chi connectivity index (χ0v) is 11.6. The average Bonchev–Trinajstić information content (AvgIpc) is 2.69. The maximum atomic E-state index is 5.87. The van der Waals surface area contributed by atoms with Crippen molar-refractivity contribution < 1.29 is 4.74 Å². The van der Waals surface area contributed by atoms with Crippen molar-refractivity contribution in [2.75, 3.05) is 14.1 Å². The van der Waals surface area contributed by atoms with Gasteiger partial charge in [-0.25, -0.2) is 0 Å². The molecule has 2 nitrogen and oxygen atoms in total. The molecule has 2 heteroatoms. The minimum atomic E-state index is 0.167.